The van der Waals surface area contributed by atoms with Crippen molar-refractivity contribution in [2.45, 2.75) is 65.2 Å². The van der Waals surface area contributed by atoms with Gasteiger partial charge in [0.05, 0.1) is 12.4 Å². The van der Waals surface area contributed by atoms with Crippen molar-refractivity contribution < 1.29 is 4.74 Å². The van der Waals surface area contributed by atoms with Crippen LogP contribution in [-0.4, -0.2) is 6.61 Å². The summed E-state index contributed by atoms with van der Waals surface area (Å²) in [5.74, 6) is 2.03. The standard InChI is InChI=1S/C14H26O/c1-3-5-9-13(4-2)12-15-14-10-7-6-8-11-14/h10,13H,3-9,11-12H2,1-2H3. The van der Waals surface area contributed by atoms with Crippen LogP contribution in [0.25, 0.3) is 0 Å². The number of allylic oxidation sites excluding steroid dienone is 2. The minimum Gasteiger partial charge on any atom is -0.498 e. The summed E-state index contributed by atoms with van der Waals surface area (Å²) in [6.07, 6.45) is 12.6. The van der Waals surface area contributed by atoms with Gasteiger partial charge in [0, 0.05) is 6.42 Å². The zero-order valence-electron chi connectivity index (χ0n) is 10.4. The van der Waals surface area contributed by atoms with Crippen LogP contribution < -0.4 is 0 Å². The fourth-order valence-corrected chi connectivity index (χ4v) is 2.06. The number of hydrogen-bond donors (Lipinski definition) is 0. The fourth-order valence-electron chi connectivity index (χ4n) is 2.06. The molecule has 0 saturated carbocycles. The molecule has 0 aromatic heterocycles. The lowest BCUT2D eigenvalue weighted by atomic mass is 10.0. The molecule has 0 amide bonds. The first-order chi connectivity index (χ1) is 7.36. The highest BCUT2D eigenvalue weighted by Crippen LogP contribution is 2.21. The second kappa shape index (κ2) is 7.78. The molecule has 0 saturated heterocycles. The number of unbranched alkanes of at least 4 members (excludes halogenated alkanes) is 1. The molecule has 88 valence electrons. The first-order valence-electron chi connectivity index (χ1n) is 6.68. The lowest BCUT2D eigenvalue weighted by Crippen LogP contribution is -2.09. The lowest BCUT2D eigenvalue weighted by molar-refractivity contribution is 0.144. The number of rotatable bonds is 7. The van der Waals surface area contributed by atoms with Crippen molar-refractivity contribution >= 4 is 0 Å². The summed E-state index contributed by atoms with van der Waals surface area (Å²) in [4.78, 5) is 0. The monoisotopic (exact) mass is 210 g/mol. The van der Waals surface area contributed by atoms with Crippen LogP contribution >= 0.6 is 0 Å². The fraction of sp³-hybridized carbons (Fsp3) is 0.857. The molecule has 1 heteroatoms. The zero-order valence-corrected chi connectivity index (χ0v) is 10.4. The summed E-state index contributed by atoms with van der Waals surface area (Å²) in [6, 6.07) is 0. The molecule has 0 spiro atoms. The van der Waals surface area contributed by atoms with Gasteiger partial charge in [0.1, 0.15) is 0 Å². The normalized spacial score (nSPS) is 18.4. The van der Waals surface area contributed by atoms with E-state index in [0.29, 0.717) is 0 Å². The first kappa shape index (κ1) is 12.6. The highest BCUT2D eigenvalue weighted by Gasteiger charge is 2.09. The molecule has 15 heavy (non-hydrogen) atoms. The maximum absolute atomic E-state index is 5.89. The summed E-state index contributed by atoms with van der Waals surface area (Å²) in [5.41, 5.74) is 0. The van der Waals surface area contributed by atoms with E-state index in [4.69, 9.17) is 4.74 Å². The van der Waals surface area contributed by atoms with Gasteiger partial charge in [0.2, 0.25) is 0 Å². The van der Waals surface area contributed by atoms with Crippen molar-refractivity contribution in [3.63, 3.8) is 0 Å². The van der Waals surface area contributed by atoms with E-state index in [1.807, 2.05) is 0 Å². The van der Waals surface area contributed by atoms with E-state index in [1.54, 1.807) is 0 Å². The quantitative estimate of drug-likeness (QED) is 0.593. The van der Waals surface area contributed by atoms with E-state index in [9.17, 15) is 0 Å². The lowest BCUT2D eigenvalue weighted by Gasteiger charge is -2.19. The largest absolute Gasteiger partial charge is 0.498 e. The van der Waals surface area contributed by atoms with Gasteiger partial charge in [0.15, 0.2) is 0 Å². The predicted molar refractivity (Wildman–Crippen MR) is 65.8 cm³/mol. The molecule has 0 fully saturated rings. The molecule has 0 radical (unpaired) electrons. The van der Waals surface area contributed by atoms with Crippen LogP contribution in [0.2, 0.25) is 0 Å². The number of ether oxygens (including phenoxy) is 1. The average molecular weight is 210 g/mol. The molecule has 1 aliphatic carbocycles. The maximum Gasteiger partial charge on any atom is 0.0920 e. The van der Waals surface area contributed by atoms with Gasteiger partial charge in [0.25, 0.3) is 0 Å². The molecule has 0 aromatic rings. The van der Waals surface area contributed by atoms with Gasteiger partial charge in [-0.05, 0) is 37.7 Å². The van der Waals surface area contributed by atoms with E-state index in [2.05, 4.69) is 19.9 Å². The van der Waals surface area contributed by atoms with Gasteiger partial charge >= 0.3 is 0 Å². The van der Waals surface area contributed by atoms with Crippen molar-refractivity contribution in [1.29, 1.82) is 0 Å². The van der Waals surface area contributed by atoms with Gasteiger partial charge in [-0.1, -0.05) is 33.1 Å². The Morgan fingerprint density at radius 2 is 2.20 bits per heavy atom. The molecule has 0 N–H and O–H groups in total. The topological polar surface area (TPSA) is 9.23 Å². The van der Waals surface area contributed by atoms with E-state index in [1.165, 1.54) is 57.1 Å². The molecule has 1 nitrogen and oxygen atoms in total. The second-order valence-corrected chi connectivity index (χ2v) is 4.64. The molecule has 1 rings (SSSR count). The Bertz CT molecular complexity index is 184. The van der Waals surface area contributed by atoms with Gasteiger partial charge in [-0.3, -0.25) is 0 Å². The van der Waals surface area contributed by atoms with Crippen LogP contribution in [0.15, 0.2) is 11.8 Å². The molecule has 0 bridgehead atoms. The molecule has 1 aliphatic rings. The maximum atomic E-state index is 5.89. The summed E-state index contributed by atoms with van der Waals surface area (Å²) in [6.45, 7) is 5.48. The molecule has 0 aliphatic heterocycles. The van der Waals surface area contributed by atoms with Crippen molar-refractivity contribution in [2.24, 2.45) is 5.92 Å². The minimum atomic E-state index is 0.771. The van der Waals surface area contributed by atoms with Gasteiger partial charge in [-0.25, -0.2) is 0 Å². The highest BCUT2D eigenvalue weighted by molar-refractivity contribution is 4.96. The van der Waals surface area contributed by atoms with Crippen LogP contribution in [-0.2, 0) is 4.74 Å². The van der Waals surface area contributed by atoms with E-state index >= 15 is 0 Å². The Morgan fingerprint density at radius 3 is 2.80 bits per heavy atom. The van der Waals surface area contributed by atoms with Gasteiger partial charge in [-0.15, -0.1) is 0 Å². The van der Waals surface area contributed by atoms with Crippen molar-refractivity contribution in [3.05, 3.63) is 11.8 Å². The third-order valence-electron chi connectivity index (χ3n) is 3.30. The summed E-state index contributed by atoms with van der Waals surface area (Å²) >= 11 is 0. The molecular weight excluding hydrogens is 184 g/mol. The Hall–Kier alpha value is -0.460. The minimum absolute atomic E-state index is 0.771. The zero-order chi connectivity index (χ0) is 10.9. The molecule has 1 unspecified atom stereocenters. The Kier molecular flexibility index (Phi) is 6.54. The highest BCUT2D eigenvalue weighted by atomic mass is 16.5. The average Bonchev–Trinajstić information content (AvgIpc) is 2.31. The van der Waals surface area contributed by atoms with Gasteiger partial charge < -0.3 is 4.74 Å². The SMILES string of the molecule is CCCCC(CC)COC1=CCCCC1. The van der Waals surface area contributed by atoms with Gasteiger partial charge in [-0.2, -0.15) is 0 Å². The van der Waals surface area contributed by atoms with E-state index in [-0.39, 0.29) is 0 Å². The Balaban J connectivity index is 2.17. The van der Waals surface area contributed by atoms with Crippen LogP contribution in [0.5, 0.6) is 0 Å². The van der Waals surface area contributed by atoms with Crippen molar-refractivity contribution in [3.8, 4) is 0 Å². The van der Waals surface area contributed by atoms with Crippen molar-refractivity contribution in [2.75, 3.05) is 6.61 Å². The molecular formula is C14H26O. The van der Waals surface area contributed by atoms with E-state index < -0.39 is 0 Å². The van der Waals surface area contributed by atoms with E-state index in [0.717, 1.165) is 12.5 Å². The second-order valence-electron chi connectivity index (χ2n) is 4.64. The summed E-state index contributed by atoms with van der Waals surface area (Å²) in [5, 5.41) is 0. The van der Waals surface area contributed by atoms with Crippen LogP contribution in [0.3, 0.4) is 0 Å². The summed E-state index contributed by atoms with van der Waals surface area (Å²) in [7, 11) is 0. The number of hydrogen-bond acceptors (Lipinski definition) is 1. The van der Waals surface area contributed by atoms with Crippen LogP contribution in [0, 0.1) is 5.92 Å². The smallest absolute Gasteiger partial charge is 0.0920 e. The third kappa shape index (κ3) is 5.25. The van der Waals surface area contributed by atoms with Crippen LogP contribution in [0.1, 0.15) is 65.2 Å². The molecule has 0 aromatic carbocycles. The summed E-state index contributed by atoms with van der Waals surface area (Å²) < 4.78 is 5.89. The third-order valence-corrected chi connectivity index (χ3v) is 3.30. The predicted octanol–water partition coefficient (Wildman–Crippen LogP) is 4.68. The first-order valence-corrected chi connectivity index (χ1v) is 6.68. The van der Waals surface area contributed by atoms with Crippen molar-refractivity contribution in [1.82, 2.24) is 0 Å². The Morgan fingerprint density at radius 1 is 1.33 bits per heavy atom. The molecule has 1 atom stereocenters. The van der Waals surface area contributed by atoms with Crippen LogP contribution in [0.4, 0.5) is 0 Å². The Labute approximate surface area is 94.9 Å². The molecule has 0 heterocycles.